The molecule has 0 unspecified atom stereocenters. The Morgan fingerprint density at radius 3 is 2.50 bits per heavy atom. The predicted octanol–water partition coefficient (Wildman–Crippen LogP) is 1.54. The highest BCUT2D eigenvalue weighted by atomic mass is 16.3. The third-order valence-electron chi connectivity index (χ3n) is 2.47. The largest absolute Gasteiger partial charge is 0.494 e. The van der Waals surface area contributed by atoms with Crippen molar-refractivity contribution in [1.82, 2.24) is 14.0 Å². The van der Waals surface area contributed by atoms with E-state index in [0.717, 1.165) is 5.65 Å². The molecule has 5 nitrogen and oxygen atoms in total. The quantitative estimate of drug-likeness (QED) is 0.647. The minimum Gasteiger partial charge on any atom is -0.494 e. The number of rotatable bonds is 1. The molecule has 0 saturated carbocycles. The van der Waals surface area contributed by atoms with Gasteiger partial charge >= 0.3 is 0 Å². The molecule has 0 bridgehead atoms. The summed E-state index contributed by atoms with van der Waals surface area (Å²) in [5.41, 5.74) is 0.755. The van der Waals surface area contributed by atoms with Gasteiger partial charge in [0.15, 0.2) is 11.8 Å². The number of aromatic nitrogens is 3. The van der Waals surface area contributed by atoms with Crippen molar-refractivity contribution >= 4 is 5.65 Å². The van der Waals surface area contributed by atoms with Crippen LogP contribution in [0.2, 0.25) is 0 Å². The second-order valence-corrected chi connectivity index (χ2v) is 3.43. The van der Waals surface area contributed by atoms with Crippen LogP contribution in [0.15, 0.2) is 42.7 Å². The van der Waals surface area contributed by atoms with Gasteiger partial charge in [-0.1, -0.05) is 6.07 Å². The molecule has 0 radical (unpaired) electrons. The molecule has 0 spiro atoms. The zero-order chi connectivity index (χ0) is 11.1. The van der Waals surface area contributed by atoms with Crippen molar-refractivity contribution in [2.24, 2.45) is 0 Å². The molecular formula is C11H9N3O2. The fourth-order valence-electron chi connectivity index (χ4n) is 1.73. The van der Waals surface area contributed by atoms with E-state index in [-0.39, 0.29) is 11.8 Å². The summed E-state index contributed by atoms with van der Waals surface area (Å²) in [5.74, 6) is 0.543. The third kappa shape index (κ3) is 1.08. The van der Waals surface area contributed by atoms with Gasteiger partial charge in [-0.2, -0.15) is 0 Å². The summed E-state index contributed by atoms with van der Waals surface area (Å²) in [5, 5.41) is 19.2. The van der Waals surface area contributed by atoms with Crippen molar-refractivity contribution in [2.45, 2.75) is 0 Å². The van der Waals surface area contributed by atoms with E-state index in [1.807, 2.05) is 24.4 Å². The number of fused-ring (bicyclic) bond motifs is 1. The van der Waals surface area contributed by atoms with Crippen LogP contribution in [0, 0.1) is 0 Å². The Balaban J connectivity index is 2.35. The standard InChI is InChI=1S/C11H9N3O2/c15-10-4-5-11(16)14(10)9-7-12-8-3-1-2-6-13(8)9/h1-7,15-16H. The molecule has 5 heteroatoms. The molecule has 80 valence electrons. The Kier molecular flexibility index (Phi) is 1.67. The molecule has 3 aromatic rings. The minimum absolute atomic E-state index is 0.0249. The molecule has 0 aliphatic carbocycles. The molecular weight excluding hydrogens is 206 g/mol. The molecule has 0 atom stereocenters. The summed E-state index contributed by atoms with van der Waals surface area (Å²) in [6.07, 6.45) is 3.41. The van der Waals surface area contributed by atoms with Crippen molar-refractivity contribution in [3.63, 3.8) is 0 Å². The van der Waals surface area contributed by atoms with Gasteiger partial charge in [-0.3, -0.25) is 4.40 Å². The van der Waals surface area contributed by atoms with Crippen LogP contribution in [0.4, 0.5) is 0 Å². The van der Waals surface area contributed by atoms with Crippen molar-refractivity contribution in [2.75, 3.05) is 0 Å². The fraction of sp³-hybridized carbons (Fsp3) is 0. The third-order valence-corrected chi connectivity index (χ3v) is 2.47. The van der Waals surface area contributed by atoms with Crippen molar-refractivity contribution in [3.05, 3.63) is 42.7 Å². The molecule has 2 N–H and O–H groups in total. The molecule has 16 heavy (non-hydrogen) atoms. The molecule has 0 aliphatic heterocycles. The second-order valence-electron chi connectivity index (χ2n) is 3.43. The Morgan fingerprint density at radius 1 is 1.00 bits per heavy atom. The van der Waals surface area contributed by atoms with Gasteiger partial charge in [0.05, 0.1) is 6.20 Å². The first-order valence-electron chi connectivity index (χ1n) is 4.79. The van der Waals surface area contributed by atoms with Gasteiger partial charge < -0.3 is 10.2 Å². The SMILES string of the molecule is Oc1ccc(O)n1-c1cnc2ccccn12. The number of nitrogens with zero attached hydrogens (tertiary/aromatic N) is 3. The van der Waals surface area contributed by atoms with Crippen LogP contribution < -0.4 is 0 Å². The Morgan fingerprint density at radius 2 is 1.75 bits per heavy atom. The van der Waals surface area contributed by atoms with Crippen molar-refractivity contribution in [1.29, 1.82) is 0 Å². The van der Waals surface area contributed by atoms with Crippen LogP contribution >= 0.6 is 0 Å². The average Bonchev–Trinajstić information content (AvgIpc) is 2.83. The maximum atomic E-state index is 9.62. The first-order valence-corrected chi connectivity index (χ1v) is 4.79. The molecule has 0 aliphatic rings. The fourth-order valence-corrected chi connectivity index (χ4v) is 1.73. The summed E-state index contributed by atoms with van der Waals surface area (Å²) in [6, 6.07) is 8.44. The molecule has 3 heterocycles. The zero-order valence-electron chi connectivity index (χ0n) is 8.28. The summed E-state index contributed by atoms with van der Waals surface area (Å²) in [6.45, 7) is 0. The lowest BCUT2D eigenvalue weighted by Gasteiger charge is -2.05. The molecule has 0 amide bonds. The smallest absolute Gasteiger partial charge is 0.199 e. The van der Waals surface area contributed by atoms with Crippen molar-refractivity contribution in [3.8, 4) is 17.6 Å². The number of aromatic hydroxyl groups is 2. The highest BCUT2D eigenvalue weighted by molar-refractivity contribution is 5.47. The first-order chi connectivity index (χ1) is 7.77. The normalized spacial score (nSPS) is 11.0. The highest BCUT2D eigenvalue weighted by Crippen LogP contribution is 2.26. The number of imidazole rings is 1. The second kappa shape index (κ2) is 3.03. The minimum atomic E-state index is -0.0249. The van der Waals surface area contributed by atoms with E-state index in [9.17, 15) is 10.2 Å². The van der Waals surface area contributed by atoms with Crippen LogP contribution in [0.1, 0.15) is 0 Å². The number of hydrogen-bond donors (Lipinski definition) is 2. The first kappa shape index (κ1) is 8.84. The molecule has 3 aromatic heterocycles. The molecule has 0 aromatic carbocycles. The monoisotopic (exact) mass is 215 g/mol. The Labute approximate surface area is 90.8 Å². The van der Waals surface area contributed by atoms with Crippen LogP contribution in [0.3, 0.4) is 0 Å². The lowest BCUT2D eigenvalue weighted by atomic mass is 10.5. The summed E-state index contributed by atoms with van der Waals surface area (Å²) in [4.78, 5) is 4.18. The van der Waals surface area contributed by atoms with E-state index >= 15 is 0 Å². The maximum absolute atomic E-state index is 9.62. The summed E-state index contributed by atoms with van der Waals surface area (Å²) in [7, 11) is 0. The predicted molar refractivity (Wildman–Crippen MR) is 57.8 cm³/mol. The van der Waals surface area contributed by atoms with Crippen LogP contribution in [0.25, 0.3) is 11.5 Å². The van der Waals surface area contributed by atoms with Gasteiger partial charge in [-0.15, -0.1) is 0 Å². The van der Waals surface area contributed by atoms with Gasteiger partial charge in [0.25, 0.3) is 0 Å². The average molecular weight is 215 g/mol. The zero-order valence-corrected chi connectivity index (χ0v) is 8.28. The van der Waals surface area contributed by atoms with Crippen molar-refractivity contribution < 1.29 is 10.2 Å². The van der Waals surface area contributed by atoms with Gasteiger partial charge in [0.1, 0.15) is 11.5 Å². The van der Waals surface area contributed by atoms with E-state index in [1.54, 1.807) is 10.6 Å². The van der Waals surface area contributed by atoms with E-state index < -0.39 is 0 Å². The lowest BCUT2D eigenvalue weighted by Crippen LogP contribution is -1.97. The van der Waals surface area contributed by atoms with Gasteiger partial charge in [0.2, 0.25) is 0 Å². The van der Waals surface area contributed by atoms with E-state index in [0.29, 0.717) is 5.82 Å². The number of pyridine rings is 1. The van der Waals surface area contributed by atoms with Gasteiger partial charge in [-0.25, -0.2) is 9.55 Å². The summed E-state index contributed by atoms with van der Waals surface area (Å²) < 4.78 is 3.10. The molecule has 0 fully saturated rings. The lowest BCUT2D eigenvalue weighted by molar-refractivity contribution is 0.400. The van der Waals surface area contributed by atoms with Crippen LogP contribution in [-0.4, -0.2) is 24.2 Å². The Bertz CT molecular complexity index is 635. The summed E-state index contributed by atoms with van der Waals surface area (Å²) >= 11 is 0. The van der Waals surface area contributed by atoms with Crippen LogP contribution in [0.5, 0.6) is 11.8 Å². The van der Waals surface area contributed by atoms with E-state index in [2.05, 4.69) is 4.98 Å². The topological polar surface area (TPSA) is 62.7 Å². The van der Waals surface area contributed by atoms with E-state index in [4.69, 9.17) is 0 Å². The Hall–Kier alpha value is -2.43. The molecule has 0 saturated heterocycles. The van der Waals surface area contributed by atoms with Gasteiger partial charge in [0, 0.05) is 18.3 Å². The van der Waals surface area contributed by atoms with Crippen LogP contribution in [-0.2, 0) is 0 Å². The van der Waals surface area contributed by atoms with E-state index in [1.165, 1.54) is 16.7 Å². The van der Waals surface area contributed by atoms with Gasteiger partial charge in [-0.05, 0) is 12.1 Å². The number of hydrogen-bond acceptors (Lipinski definition) is 3. The highest BCUT2D eigenvalue weighted by Gasteiger charge is 2.11. The maximum Gasteiger partial charge on any atom is 0.199 e. The molecule has 3 rings (SSSR count).